The molecule has 0 aliphatic carbocycles. The van der Waals surface area contributed by atoms with Gasteiger partial charge in [0.25, 0.3) is 5.56 Å². The predicted molar refractivity (Wildman–Crippen MR) is 151 cm³/mol. The van der Waals surface area contributed by atoms with Crippen LogP contribution in [0.3, 0.4) is 0 Å². The van der Waals surface area contributed by atoms with Crippen molar-refractivity contribution in [2.24, 2.45) is 0 Å². The first kappa shape index (κ1) is 27.9. The number of benzene rings is 1. The molecule has 2 aliphatic heterocycles. The molecule has 3 unspecified atom stereocenters. The third-order valence-corrected chi connectivity index (χ3v) is 9.24. The number of aliphatic hydroxyl groups excluding tert-OH is 1. The highest BCUT2D eigenvalue weighted by molar-refractivity contribution is 7.22. The van der Waals surface area contributed by atoms with Crippen LogP contribution in [0.15, 0.2) is 50.7 Å². The van der Waals surface area contributed by atoms with Gasteiger partial charge in [0.2, 0.25) is 5.89 Å². The van der Waals surface area contributed by atoms with Crippen molar-refractivity contribution in [3.63, 3.8) is 0 Å². The molecule has 0 spiro atoms. The lowest BCUT2D eigenvalue weighted by Crippen LogP contribution is -2.52. The molecule has 2 fully saturated rings. The molecular formula is C29H33N3O8S. The van der Waals surface area contributed by atoms with E-state index < -0.39 is 35.3 Å². The van der Waals surface area contributed by atoms with Crippen molar-refractivity contribution < 1.29 is 28.5 Å². The molecule has 5 heterocycles. The van der Waals surface area contributed by atoms with E-state index in [-0.39, 0.29) is 12.6 Å². The maximum Gasteiger partial charge on any atom is 0.332 e. The fraction of sp³-hybridized carbons (Fsp3) is 0.483. The predicted octanol–water partition coefficient (Wildman–Crippen LogP) is 3.59. The number of methoxy groups -OCH3 is 1. The van der Waals surface area contributed by atoms with Gasteiger partial charge in [-0.25, -0.2) is 9.78 Å². The monoisotopic (exact) mass is 583 g/mol. The highest BCUT2D eigenvalue weighted by Gasteiger charge is 2.52. The Morgan fingerprint density at radius 3 is 2.61 bits per heavy atom. The molecule has 218 valence electrons. The summed E-state index contributed by atoms with van der Waals surface area (Å²) in [6.45, 7) is 6.58. The average Bonchev–Trinajstić information content (AvgIpc) is 3.32. The molecule has 0 radical (unpaired) electrons. The summed E-state index contributed by atoms with van der Waals surface area (Å²) >= 11 is 1.28. The van der Waals surface area contributed by atoms with Crippen LogP contribution in [0.4, 0.5) is 0 Å². The second kappa shape index (κ2) is 10.8. The Kier molecular flexibility index (Phi) is 7.37. The summed E-state index contributed by atoms with van der Waals surface area (Å²) in [5.74, 6) is 1.01. The molecule has 0 saturated carbocycles. The van der Waals surface area contributed by atoms with Gasteiger partial charge in [-0.05, 0) is 45.2 Å². The highest BCUT2D eigenvalue weighted by atomic mass is 32.1. The molecule has 0 amide bonds. The van der Waals surface area contributed by atoms with E-state index in [0.29, 0.717) is 45.5 Å². The van der Waals surface area contributed by atoms with Gasteiger partial charge in [-0.2, -0.15) is 0 Å². The summed E-state index contributed by atoms with van der Waals surface area (Å²) in [6, 6.07) is 7.58. The molecular weight excluding hydrogens is 550 g/mol. The first-order valence-corrected chi connectivity index (χ1v) is 14.4. The van der Waals surface area contributed by atoms with Crippen molar-refractivity contribution in [2.75, 3.05) is 20.3 Å². The number of oxazole rings is 1. The van der Waals surface area contributed by atoms with Crippen LogP contribution < -0.4 is 16.0 Å². The van der Waals surface area contributed by atoms with Crippen molar-refractivity contribution in [3.05, 3.63) is 68.7 Å². The summed E-state index contributed by atoms with van der Waals surface area (Å²) in [5, 5.41) is 10.5. The summed E-state index contributed by atoms with van der Waals surface area (Å²) < 4.78 is 31.6. The molecule has 12 heteroatoms. The largest absolute Gasteiger partial charge is 0.496 e. The number of hydrogen-bond donors (Lipinski definition) is 1. The van der Waals surface area contributed by atoms with E-state index in [1.807, 2.05) is 31.2 Å². The van der Waals surface area contributed by atoms with Gasteiger partial charge in [0.1, 0.15) is 29.1 Å². The average molecular weight is 584 g/mol. The van der Waals surface area contributed by atoms with E-state index in [2.05, 4.69) is 4.98 Å². The zero-order valence-corrected chi connectivity index (χ0v) is 24.2. The van der Waals surface area contributed by atoms with E-state index >= 15 is 0 Å². The van der Waals surface area contributed by atoms with Crippen molar-refractivity contribution in [2.45, 2.75) is 70.3 Å². The summed E-state index contributed by atoms with van der Waals surface area (Å²) in [4.78, 5) is 33.9. The van der Waals surface area contributed by atoms with Gasteiger partial charge in [0.05, 0.1) is 41.8 Å². The van der Waals surface area contributed by atoms with E-state index in [1.165, 1.54) is 22.2 Å². The van der Waals surface area contributed by atoms with Crippen LogP contribution in [0.2, 0.25) is 0 Å². The van der Waals surface area contributed by atoms with E-state index in [1.54, 1.807) is 31.7 Å². The Balaban J connectivity index is 1.56. The second-order valence-electron chi connectivity index (χ2n) is 10.9. The first-order chi connectivity index (χ1) is 19.7. The minimum absolute atomic E-state index is 0.0739. The van der Waals surface area contributed by atoms with Crippen molar-refractivity contribution in [1.82, 2.24) is 14.1 Å². The van der Waals surface area contributed by atoms with Gasteiger partial charge in [-0.3, -0.25) is 13.9 Å². The molecule has 6 rings (SSSR count). The van der Waals surface area contributed by atoms with Crippen LogP contribution in [0.1, 0.15) is 43.9 Å². The van der Waals surface area contributed by atoms with Crippen LogP contribution in [0.25, 0.3) is 21.0 Å². The summed E-state index contributed by atoms with van der Waals surface area (Å²) in [5.41, 5.74) is -0.652. The van der Waals surface area contributed by atoms with Gasteiger partial charge in [0, 0.05) is 18.8 Å². The van der Waals surface area contributed by atoms with Crippen LogP contribution in [0.5, 0.6) is 5.75 Å². The van der Waals surface area contributed by atoms with Crippen molar-refractivity contribution >= 4 is 21.6 Å². The van der Waals surface area contributed by atoms with E-state index in [9.17, 15) is 14.7 Å². The van der Waals surface area contributed by atoms with Crippen LogP contribution in [-0.2, 0) is 26.3 Å². The number of ether oxygens (including phenoxy) is 4. The number of aromatic nitrogens is 3. The number of nitrogens with zero attached hydrogens (tertiary/aromatic N) is 3. The zero-order valence-electron chi connectivity index (χ0n) is 23.4. The Morgan fingerprint density at radius 2 is 1.95 bits per heavy atom. The number of fused-ring (bicyclic) bond motifs is 1. The molecule has 11 nitrogen and oxygen atoms in total. The lowest BCUT2D eigenvalue weighted by Gasteiger charge is -2.30. The number of epoxide rings is 1. The van der Waals surface area contributed by atoms with Gasteiger partial charge < -0.3 is 28.5 Å². The summed E-state index contributed by atoms with van der Waals surface area (Å²) in [7, 11) is 1.60. The van der Waals surface area contributed by atoms with E-state index in [4.69, 9.17) is 23.4 Å². The third kappa shape index (κ3) is 4.93. The van der Waals surface area contributed by atoms with Crippen molar-refractivity contribution in [1.29, 1.82) is 0 Å². The lowest BCUT2D eigenvalue weighted by molar-refractivity contribution is -0.0753. The molecule has 41 heavy (non-hydrogen) atoms. The molecule has 1 aromatic carbocycles. The van der Waals surface area contributed by atoms with Crippen LogP contribution in [0, 0.1) is 6.92 Å². The minimum Gasteiger partial charge on any atom is -0.496 e. The fourth-order valence-corrected chi connectivity index (χ4v) is 6.90. The lowest BCUT2D eigenvalue weighted by atomic mass is 10.00. The molecule has 2 aliphatic rings. The molecule has 4 aromatic rings. The third-order valence-electron chi connectivity index (χ3n) is 7.94. The standard InChI is InChI=1S/C29H33N3O8S/c1-16-21-25(33)32(29(2,3)23-27(34)40-23)28(35)31(26(21)41-22(16)24-30-11-14-38-24)15-20(39-17-9-12-37-13-10-17)18-7-5-6-8-19(18)36-4/h5-8,11,14,17,20,23,27,34H,9-10,12-13,15H2,1-4H3. The second-order valence-corrected chi connectivity index (χ2v) is 11.9. The Bertz CT molecular complexity index is 1670. The Labute approximate surface area is 239 Å². The molecule has 0 bridgehead atoms. The topological polar surface area (TPSA) is 130 Å². The Hall–Kier alpha value is -3.29. The molecule has 1 N–H and O–H groups in total. The first-order valence-electron chi connectivity index (χ1n) is 13.6. The maximum absolute atomic E-state index is 14.4. The minimum atomic E-state index is -1.12. The number of hydrogen-bond acceptors (Lipinski definition) is 10. The number of para-hydroxylation sites is 1. The number of rotatable bonds is 9. The zero-order chi connectivity index (χ0) is 28.9. The summed E-state index contributed by atoms with van der Waals surface area (Å²) in [6.07, 6.45) is 2.07. The normalized spacial score (nSPS) is 20.4. The molecule has 2 saturated heterocycles. The highest BCUT2D eigenvalue weighted by Crippen LogP contribution is 2.39. The van der Waals surface area contributed by atoms with Gasteiger partial charge in [0.15, 0.2) is 6.29 Å². The van der Waals surface area contributed by atoms with Crippen LogP contribution >= 0.6 is 11.3 Å². The van der Waals surface area contributed by atoms with E-state index in [0.717, 1.165) is 18.4 Å². The number of aliphatic hydroxyl groups is 1. The van der Waals surface area contributed by atoms with Gasteiger partial charge in [-0.1, -0.05) is 18.2 Å². The quantitative estimate of drug-likeness (QED) is 0.294. The number of aryl methyl sites for hydroxylation is 1. The smallest absolute Gasteiger partial charge is 0.332 e. The molecule has 3 aromatic heterocycles. The van der Waals surface area contributed by atoms with Crippen molar-refractivity contribution in [3.8, 4) is 16.5 Å². The van der Waals surface area contributed by atoms with Crippen LogP contribution in [-0.4, -0.2) is 58.0 Å². The van der Waals surface area contributed by atoms with Gasteiger partial charge in [-0.15, -0.1) is 11.3 Å². The Morgan fingerprint density at radius 1 is 1.22 bits per heavy atom. The maximum atomic E-state index is 14.4. The SMILES string of the molecule is COc1ccccc1C(Cn1c(=O)n(C(C)(C)C2OC2O)c(=O)c2c(C)c(-c3ncco3)sc21)OC1CCOCC1. The van der Waals surface area contributed by atoms with Gasteiger partial charge >= 0.3 is 5.69 Å². The number of thiophene rings is 1. The fourth-order valence-electron chi connectivity index (χ4n) is 5.66. The molecule has 3 atom stereocenters.